The van der Waals surface area contributed by atoms with Crippen LogP contribution in [0.2, 0.25) is 5.02 Å². The standard InChI is InChI=1S/C12H13ClFN3O/c1-6-4-8(13)10(14)9(11(6)18-3)7-5-16-17(2)12(7)15/h4-5H,15H2,1-3H3. The molecule has 2 N–H and O–H groups in total. The number of halogens is 2. The van der Waals surface area contributed by atoms with Crippen molar-refractivity contribution in [1.29, 1.82) is 0 Å². The van der Waals surface area contributed by atoms with E-state index in [0.29, 0.717) is 17.1 Å². The van der Waals surface area contributed by atoms with Crippen molar-refractivity contribution in [1.82, 2.24) is 9.78 Å². The molecule has 18 heavy (non-hydrogen) atoms. The van der Waals surface area contributed by atoms with E-state index < -0.39 is 5.82 Å². The van der Waals surface area contributed by atoms with Gasteiger partial charge in [-0.05, 0) is 18.6 Å². The minimum absolute atomic E-state index is 0.0338. The number of benzene rings is 1. The summed E-state index contributed by atoms with van der Waals surface area (Å²) in [6.45, 7) is 1.79. The smallest absolute Gasteiger partial charge is 0.153 e. The number of anilines is 1. The molecule has 0 radical (unpaired) electrons. The topological polar surface area (TPSA) is 53.1 Å². The maximum Gasteiger partial charge on any atom is 0.153 e. The molecule has 6 heteroatoms. The Bertz CT molecular complexity index is 610. The lowest BCUT2D eigenvalue weighted by atomic mass is 10.0. The highest BCUT2D eigenvalue weighted by atomic mass is 35.5. The predicted molar refractivity (Wildman–Crippen MR) is 69.3 cm³/mol. The number of hydrogen-bond donors (Lipinski definition) is 1. The number of aryl methyl sites for hydroxylation is 2. The summed E-state index contributed by atoms with van der Waals surface area (Å²) in [7, 11) is 3.16. The van der Waals surface area contributed by atoms with Crippen LogP contribution in [-0.4, -0.2) is 16.9 Å². The first-order valence-electron chi connectivity index (χ1n) is 5.27. The van der Waals surface area contributed by atoms with Gasteiger partial charge in [0.05, 0.1) is 29.5 Å². The first kappa shape index (κ1) is 12.7. The number of nitrogen functional groups attached to an aromatic ring is 1. The molecule has 0 aliphatic rings. The first-order valence-corrected chi connectivity index (χ1v) is 5.65. The average Bonchev–Trinajstić information content (AvgIpc) is 2.65. The van der Waals surface area contributed by atoms with Gasteiger partial charge in [-0.1, -0.05) is 11.6 Å². The summed E-state index contributed by atoms with van der Waals surface area (Å²) in [5.41, 5.74) is 7.31. The van der Waals surface area contributed by atoms with Gasteiger partial charge in [0.25, 0.3) is 0 Å². The van der Waals surface area contributed by atoms with Crippen LogP contribution >= 0.6 is 11.6 Å². The molecule has 0 spiro atoms. The highest BCUT2D eigenvalue weighted by Crippen LogP contribution is 2.40. The molecule has 0 amide bonds. The van der Waals surface area contributed by atoms with Crippen LogP contribution in [0.1, 0.15) is 5.56 Å². The van der Waals surface area contributed by atoms with Gasteiger partial charge in [-0.25, -0.2) is 4.39 Å². The van der Waals surface area contributed by atoms with E-state index in [-0.39, 0.29) is 10.6 Å². The molecule has 0 aliphatic carbocycles. The number of ether oxygens (including phenoxy) is 1. The van der Waals surface area contributed by atoms with Crippen molar-refractivity contribution in [3.8, 4) is 16.9 Å². The third-order valence-corrected chi connectivity index (χ3v) is 3.09. The van der Waals surface area contributed by atoms with Crippen molar-refractivity contribution in [3.05, 3.63) is 28.7 Å². The molecule has 0 atom stereocenters. The zero-order chi connectivity index (χ0) is 13.4. The Kier molecular flexibility index (Phi) is 3.17. The number of aromatic nitrogens is 2. The van der Waals surface area contributed by atoms with Crippen molar-refractivity contribution in [2.24, 2.45) is 7.05 Å². The zero-order valence-electron chi connectivity index (χ0n) is 10.3. The van der Waals surface area contributed by atoms with Crippen LogP contribution in [-0.2, 0) is 7.05 Å². The molecule has 4 nitrogen and oxygen atoms in total. The highest BCUT2D eigenvalue weighted by molar-refractivity contribution is 6.31. The summed E-state index contributed by atoms with van der Waals surface area (Å²) in [6, 6.07) is 1.52. The van der Waals surface area contributed by atoms with Crippen molar-refractivity contribution in [2.75, 3.05) is 12.8 Å². The third kappa shape index (κ3) is 1.80. The average molecular weight is 270 g/mol. The van der Waals surface area contributed by atoms with E-state index in [1.165, 1.54) is 24.1 Å². The van der Waals surface area contributed by atoms with Crippen LogP contribution < -0.4 is 10.5 Å². The fourth-order valence-corrected chi connectivity index (χ4v) is 2.14. The first-order chi connectivity index (χ1) is 8.47. The lowest BCUT2D eigenvalue weighted by Gasteiger charge is -2.13. The third-order valence-electron chi connectivity index (χ3n) is 2.82. The molecule has 0 fully saturated rings. The minimum atomic E-state index is -0.557. The molecule has 1 aromatic carbocycles. The monoisotopic (exact) mass is 269 g/mol. The summed E-state index contributed by atoms with van der Waals surface area (Å²) in [5, 5.41) is 4.03. The Morgan fingerprint density at radius 3 is 2.67 bits per heavy atom. The van der Waals surface area contributed by atoms with Crippen LogP contribution in [0.4, 0.5) is 10.2 Å². The normalized spacial score (nSPS) is 10.7. The molecule has 2 rings (SSSR count). The molecule has 0 bridgehead atoms. The van der Waals surface area contributed by atoms with Gasteiger partial charge < -0.3 is 10.5 Å². The molecular weight excluding hydrogens is 257 g/mol. The van der Waals surface area contributed by atoms with Gasteiger partial charge in [-0.2, -0.15) is 5.10 Å². The largest absolute Gasteiger partial charge is 0.496 e. The van der Waals surface area contributed by atoms with E-state index in [9.17, 15) is 4.39 Å². The lowest BCUT2D eigenvalue weighted by molar-refractivity contribution is 0.410. The van der Waals surface area contributed by atoms with E-state index >= 15 is 0 Å². The highest BCUT2D eigenvalue weighted by Gasteiger charge is 2.21. The molecular formula is C12H13ClFN3O. The Morgan fingerprint density at radius 2 is 2.17 bits per heavy atom. The van der Waals surface area contributed by atoms with Gasteiger partial charge in [-0.15, -0.1) is 0 Å². The van der Waals surface area contributed by atoms with Crippen LogP contribution in [0.15, 0.2) is 12.3 Å². The summed E-state index contributed by atoms with van der Waals surface area (Å²) < 4.78 is 20.9. The Balaban J connectivity index is 2.81. The number of nitrogens with two attached hydrogens (primary N) is 1. The van der Waals surface area contributed by atoms with E-state index in [4.69, 9.17) is 22.1 Å². The molecule has 1 heterocycles. The maximum atomic E-state index is 14.2. The van der Waals surface area contributed by atoms with Crippen LogP contribution in [0, 0.1) is 12.7 Å². The summed E-state index contributed by atoms with van der Waals surface area (Å²) in [4.78, 5) is 0. The fourth-order valence-electron chi connectivity index (χ4n) is 1.88. The Morgan fingerprint density at radius 1 is 1.50 bits per heavy atom. The number of nitrogens with zero attached hydrogens (tertiary/aromatic N) is 2. The summed E-state index contributed by atoms with van der Waals surface area (Å²) in [6.07, 6.45) is 1.49. The van der Waals surface area contributed by atoms with E-state index in [0.717, 1.165) is 5.56 Å². The van der Waals surface area contributed by atoms with Crippen LogP contribution in [0.3, 0.4) is 0 Å². The number of methoxy groups -OCH3 is 1. The van der Waals surface area contributed by atoms with Gasteiger partial charge in [0.2, 0.25) is 0 Å². The van der Waals surface area contributed by atoms with Crippen molar-refractivity contribution in [2.45, 2.75) is 6.92 Å². The number of rotatable bonds is 2. The molecule has 0 aliphatic heterocycles. The van der Waals surface area contributed by atoms with E-state index in [1.54, 1.807) is 14.0 Å². The van der Waals surface area contributed by atoms with Gasteiger partial charge in [0.15, 0.2) is 5.82 Å². The van der Waals surface area contributed by atoms with E-state index in [1.807, 2.05) is 0 Å². The second kappa shape index (κ2) is 4.49. The van der Waals surface area contributed by atoms with Crippen LogP contribution in [0.5, 0.6) is 5.75 Å². The lowest BCUT2D eigenvalue weighted by Crippen LogP contribution is -2.00. The molecule has 2 aromatic rings. The van der Waals surface area contributed by atoms with Gasteiger partial charge in [0, 0.05) is 7.05 Å². The van der Waals surface area contributed by atoms with Crippen LogP contribution in [0.25, 0.3) is 11.1 Å². The predicted octanol–water partition coefficient (Wildman–Crippen LogP) is 2.78. The van der Waals surface area contributed by atoms with Crippen molar-refractivity contribution >= 4 is 17.4 Å². The summed E-state index contributed by atoms with van der Waals surface area (Å²) >= 11 is 5.86. The second-order valence-corrected chi connectivity index (χ2v) is 4.37. The zero-order valence-corrected chi connectivity index (χ0v) is 11.0. The molecule has 0 saturated heterocycles. The van der Waals surface area contributed by atoms with E-state index in [2.05, 4.69) is 5.10 Å². The molecule has 0 unspecified atom stereocenters. The van der Waals surface area contributed by atoms with Gasteiger partial charge in [0.1, 0.15) is 11.6 Å². The Hall–Kier alpha value is -1.75. The second-order valence-electron chi connectivity index (χ2n) is 3.96. The minimum Gasteiger partial charge on any atom is -0.496 e. The quantitative estimate of drug-likeness (QED) is 0.912. The van der Waals surface area contributed by atoms with Crippen molar-refractivity contribution in [3.63, 3.8) is 0 Å². The van der Waals surface area contributed by atoms with Gasteiger partial charge >= 0.3 is 0 Å². The SMILES string of the molecule is COc1c(C)cc(Cl)c(F)c1-c1cnn(C)c1N. The Labute approximate surface area is 109 Å². The maximum absolute atomic E-state index is 14.2. The molecule has 1 aromatic heterocycles. The molecule has 96 valence electrons. The number of hydrogen-bond acceptors (Lipinski definition) is 3. The van der Waals surface area contributed by atoms with Gasteiger partial charge in [-0.3, -0.25) is 4.68 Å². The fraction of sp³-hybridized carbons (Fsp3) is 0.250. The molecule has 0 saturated carbocycles. The van der Waals surface area contributed by atoms with Crippen molar-refractivity contribution < 1.29 is 9.13 Å². The summed E-state index contributed by atoms with van der Waals surface area (Å²) in [5.74, 6) is 0.212.